The average Bonchev–Trinajstić information content (AvgIpc) is 2.39. The molecule has 0 aliphatic carbocycles. The number of hydrogen-bond donors (Lipinski definition) is 1. The van der Waals surface area contributed by atoms with Gasteiger partial charge < -0.3 is 10.1 Å². The summed E-state index contributed by atoms with van der Waals surface area (Å²) < 4.78 is 5.10. The molecule has 18 heavy (non-hydrogen) atoms. The molecule has 0 aliphatic rings. The van der Waals surface area contributed by atoms with E-state index in [4.69, 9.17) is 4.74 Å². The van der Waals surface area contributed by atoms with Gasteiger partial charge in [0.15, 0.2) is 0 Å². The summed E-state index contributed by atoms with van der Waals surface area (Å²) in [4.78, 5) is 11.7. The Morgan fingerprint density at radius 2 is 2.00 bits per heavy atom. The highest BCUT2D eigenvalue weighted by molar-refractivity contribution is 9.09. The molecule has 0 unspecified atom stereocenters. The second-order valence-electron chi connectivity index (χ2n) is 4.21. The quantitative estimate of drug-likeness (QED) is 0.618. The second-order valence-corrected chi connectivity index (χ2v) is 5.00. The van der Waals surface area contributed by atoms with Crippen LogP contribution in [0.3, 0.4) is 0 Å². The first-order valence-corrected chi connectivity index (χ1v) is 7.28. The molecule has 1 atom stereocenters. The van der Waals surface area contributed by atoms with E-state index in [-0.39, 0.29) is 11.9 Å². The maximum absolute atomic E-state index is 11.7. The largest absolute Gasteiger partial charge is 0.497 e. The molecule has 0 saturated carbocycles. The summed E-state index contributed by atoms with van der Waals surface area (Å²) in [7, 11) is 1.64. The van der Waals surface area contributed by atoms with Crippen LogP contribution in [0, 0.1) is 0 Å². The maximum atomic E-state index is 11.7. The monoisotopic (exact) mass is 313 g/mol. The normalized spacial score (nSPS) is 11.9. The molecule has 1 rings (SSSR count). The molecular formula is C14H20BrNO2. The molecule has 1 amide bonds. The van der Waals surface area contributed by atoms with Crippen LogP contribution in [-0.4, -0.2) is 18.3 Å². The van der Waals surface area contributed by atoms with E-state index in [1.54, 1.807) is 7.11 Å². The highest BCUT2D eigenvalue weighted by atomic mass is 79.9. The van der Waals surface area contributed by atoms with Crippen molar-refractivity contribution in [1.29, 1.82) is 0 Å². The Bertz CT molecular complexity index is 365. The van der Waals surface area contributed by atoms with E-state index in [0.29, 0.717) is 6.42 Å². The SMILES string of the molecule is COc1ccc([C@H](C)NC(=O)CCCCBr)cc1. The van der Waals surface area contributed by atoms with Gasteiger partial charge in [-0.05, 0) is 37.5 Å². The van der Waals surface area contributed by atoms with Crippen molar-refractivity contribution in [2.45, 2.75) is 32.2 Å². The highest BCUT2D eigenvalue weighted by Gasteiger charge is 2.09. The zero-order valence-electron chi connectivity index (χ0n) is 10.9. The molecule has 0 radical (unpaired) electrons. The smallest absolute Gasteiger partial charge is 0.220 e. The van der Waals surface area contributed by atoms with Gasteiger partial charge in [-0.25, -0.2) is 0 Å². The van der Waals surface area contributed by atoms with Crippen LogP contribution in [0.4, 0.5) is 0 Å². The number of nitrogens with one attached hydrogen (secondary N) is 1. The fourth-order valence-electron chi connectivity index (χ4n) is 1.67. The molecule has 0 spiro atoms. The third-order valence-electron chi connectivity index (χ3n) is 2.78. The van der Waals surface area contributed by atoms with Gasteiger partial charge in [-0.1, -0.05) is 28.1 Å². The van der Waals surface area contributed by atoms with Crippen molar-refractivity contribution in [3.8, 4) is 5.75 Å². The van der Waals surface area contributed by atoms with Crippen LogP contribution >= 0.6 is 15.9 Å². The predicted molar refractivity (Wildman–Crippen MR) is 77.2 cm³/mol. The van der Waals surface area contributed by atoms with Crippen molar-refractivity contribution in [3.05, 3.63) is 29.8 Å². The number of alkyl halides is 1. The third-order valence-corrected chi connectivity index (χ3v) is 3.34. The number of carbonyl (C=O) groups excluding carboxylic acids is 1. The van der Waals surface area contributed by atoms with Gasteiger partial charge in [0.2, 0.25) is 5.91 Å². The van der Waals surface area contributed by atoms with Crippen LogP contribution in [0.2, 0.25) is 0 Å². The minimum Gasteiger partial charge on any atom is -0.497 e. The maximum Gasteiger partial charge on any atom is 0.220 e. The molecule has 1 aromatic rings. The summed E-state index contributed by atoms with van der Waals surface area (Å²) in [5.74, 6) is 0.939. The molecule has 100 valence electrons. The van der Waals surface area contributed by atoms with Gasteiger partial charge in [0.05, 0.1) is 13.2 Å². The van der Waals surface area contributed by atoms with E-state index < -0.39 is 0 Å². The summed E-state index contributed by atoms with van der Waals surface area (Å²) in [5, 5.41) is 3.95. The first kappa shape index (κ1) is 15.0. The fraction of sp³-hybridized carbons (Fsp3) is 0.500. The Balaban J connectivity index is 2.43. The molecule has 1 N–H and O–H groups in total. The van der Waals surface area contributed by atoms with Crippen molar-refractivity contribution >= 4 is 21.8 Å². The molecule has 0 fully saturated rings. The van der Waals surface area contributed by atoms with Gasteiger partial charge in [0.1, 0.15) is 5.75 Å². The molecule has 3 nitrogen and oxygen atoms in total. The van der Waals surface area contributed by atoms with E-state index in [9.17, 15) is 4.79 Å². The molecule has 0 aliphatic heterocycles. The van der Waals surface area contributed by atoms with Crippen LogP contribution in [0.5, 0.6) is 5.75 Å². The standard InChI is InChI=1S/C14H20BrNO2/c1-11(16-14(17)5-3-4-10-15)12-6-8-13(18-2)9-7-12/h6-9,11H,3-5,10H2,1-2H3,(H,16,17)/t11-/m0/s1. The topological polar surface area (TPSA) is 38.3 Å². The van der Waals surface area contributed by atoms with Crippen molar-refractivity contribution in [1.82, 2.24) is 5.32 Å². The number of amides is 1. The molecule has 0 heterocycles. The Morgan fingerprint density at radius 1 is 1.33 bits per heavy atom. The van der Waals surface area contributed by atoms with Crippen molar-refractivity contribution in [2.75, 3.05) is 12.4 Å². The van der Waals surface area contributed by atoms with Gasteiger partial charge >= 0.3 is 0 Å². The number of unbranched alkanes of at least 4 members (excludes halogenated alkanes) is 1. The van der Waals surface area contributed by atoms with Crippen LogP contribution in [0.1, 0.15) is 37.8 Å². The summed E-state index contributed by atoms with van der Waals surface area (Å²) in [5.41, 5.74) is 1.09. The first-order chi connectivity index (χ1) is 8.67. The summed E-state index contributed by atoms with van der Waals surface area (Å²) in [6.07, 6.45) is 2.54. The third kappa shape index (κ3) is 5.08. The van der Waals surface area contributed by atoms with Crippen LogP contribution < -0.4 is 10.1 Å². The van der Waals surface area contributed by atoms with Gasteiger partial charge in [0, 0.05) is 11.8 Å². The summed E-state index contributed by atoms with van der Waals surface area (Å²) >= 11 is 3.36. The molecule has 0 aromatic heterocycles. The number of hydrogen-bond acceptors (Lipinski definition) is 2. The lowest BCUT2D eigenvalue weighted by Crippen LogP contribution is -2.26. The second kappa shape index (κ2) is 8.14. The van der Waals surface area contributed by atoms with Gasteiger partial charge in [-0.2, -0.15) is 0 Å². The van der Waals surface area contributed by atoms with Crippen molar-refractivity contribution in [2.24, 2.45) is 0 Å². The van der Waals surface area contributed by atoms with Crippen LogP contribution in [0.25, 0.3) is 0 Å². The lowest BCUT2D eigenvalue weighted by atomic mass is 10.1. The number of halogens is 1. The number of ether oxygens (including phenoxy) is 1. The number of methoxy groups -OCH3 is 1. The van der Waals surface area contributed by atoms with E-state index >= 15 is 0 Å². The summed E-state index contributed by atoms with van der Waals surface area (Å²) in [6, 6.07) is 7.79. The Hall–Kier alpha value is -1.03. The Labute approximate surface area is 117 Å². The lowest BCUT2D eigenvalue weighted by molar-refractivity contribution is -0.121. The van der Waals surface area contributed by atoms with E-state index in [1.165, 1.54) is 0 Å². The van der Waals surface area contributed by atoms with E-state index in [2.05, 4.69) is 21.2 Å². The van der Waals surface area contributed by atoms with E-state index in [0.717, 1.165) is 29.5 Å². The number of carbonyl (C=O) groups is 1. The van der Waals surface area contributed by atoms with Crippen molar-refractivity contribution < 1.29 is 9.53 Å². The van der Waals surface area contributed by atoms with Crippen LogP contribution in [-0.2, 0) is 4.79 Å². The Kier molecular flexibility index (Phi) is 6.80. The molecule has 1 aromatic carbocycles. The first-order valence-electron chi connectivity index (χ1n) is 6.16. The number of rotatable bonds is 7. The molecular weight excluding hydrogens is 294 g/mol. The highest BCUT2D eigenvalue weighted by Crippen LogP contribution is 2.17. The molecule has 4 heteroatoms. The van der Waals surface area contributed by atoms with Gasteiger partial charge in [0.25, 0.3) is 0 Å². The average molecular weight is 314 g/mol. The lowest BCUT2D eigenvalue weighted by Gasteiger charge is -2.14. The zero-order chi connectivity index (χ0) is 13.4. The summed E-state index contributed by atoms with van der Waals surface area (Å²) in [6.45, 7) is 1.99. The van der Waals surface area contributed by atoms with Crippen molar-refractivity contribution in [3.63, 3.8) is 0 Å². The fourth-order valence-corrected chi connectivity index (χ4v) is 2.07. The number of benzene rings is 1. The minimum absolute atomic E-state index is 0.0346. The zero-order valence-corrected chi connectivity index (χ0v) is 12.5. The predicted octanol–water partition coefficient (Wildman–Crippen LogP) is 3.44. The van der Waals surface area contributed by atoms with Crippen LogP contribution in [0.15, 0.2) is 24.3 Å². The van der Waals surface area contributed by atoms with E-state index in [1.807, 2.05) is 31.2 Å². The molecule has 0 saturated heterocycles. The van der Waals surface area contributed by atoms with Gasteiger partial charge in [-0.15, -0.1) is 0 Å². The Morgan fingerprint density at radius 3 is 2.56 bits per heavy atom. The van der Waals surface area contributed by atoms with Gasteiger partial charge in [-0.3, -0.25) is 4.79 Å². The molecule has 0 bridgehead atoms. The minimum atomic E-state index is 0.0346.